The van der Waals surface area contributed by atoms with Crippen LogP contribution in [0.25, 0.3) is 0 Å². The van der Waals surface area contributed by atoms with Crippen molar-refractivity contribution in [1.82, 2.24) is 10.2 Å². The second kappa shape index (κ2) is 5.88. The summed E-state index contributed by atoms with van der Waals surface area (Å²) in [7, 11) is 0. The van der Waals surface area contributed by atoms with Gasteiger partial charge in [0.1, 0.15) is 6.04 Å². The fourth-order valence-corrected chi connectivity index (χ4v) is 5.11. The Labute approximate surface area is 165 Å². The predicted octanol–water partition coefficient (Wildman–Crippen LogP) is 0.389. The SMILES string of the molecule is O=C1CCC(N2C(=O)c3cccc(N4CC5(CC(C(=O)O)C5)C4)c3C2=O)C(=O)N1. The summed E-state index contributed by atoms with van der Waals surface area (Å²) in [5.74, 6) is -3.15. The third-order valence-corrected chi connectivity index (χ3v) is 6.55. The molecule has 3 heterocycles. The van der Waals surface area contributed by atoms with Crippen molar-refractivity contribution in [2.45, 2.75) is 31.7 Å². The van der Waals surface area contributed by atoms with E-state index in [0.717, 1.165) is 4.90 Å². The number of carboxylic acids is 1. The minimum absolute atomic E-state index is 0.0270. The summed E-state index contributed by atoms with van der Waals surface area (Å²) in [5, 5.41) is 11.3. The molecule has 1 saturated carbocycles. The molecular formula is C20H19N3O6. The lowest BCUT2D eigenvalue weighted by Gasteiger charge is -2.59. The van der Waals surface area contributed by atoms with Gasteiger partial charge in [0.25, 0.3) is 11.8 Å². The molecule has 5 rings (SSSR count). The first-order valence-electron chi connectivity index (χ1n) is 9.62. The number of carbonyl (C=O) groups is 5. The molecule has 4 aliphatic rings. The van der Waals surface area contributed by atoms with E-state index in [4.69, 9.17) is 5.11 Å². The Kier molecular flexibility index (Phi) is 3.62. The normalized spacial score (nSPS) is 25.6. The molecule has 9 nitrogen and oxygen atoms in total. The van der Waals surface area contributed by atoms with Crippen LogP contribution in [0.15, 0.2) is 18.2 Å². The molecule has 3 aliphatic heterocycles. The number of imide groups is 2. The van der Waals surface area contributed by atoms with Crippen LogP contribution in [0.5, 0.6) is 0 Å². The number of hydrogen-bond donors (Lipinski definition) is 2. The Bertz CT molecular complexity index is 988. The predicted molar refractivity (Wildman–Crippen MR) is 98.1 cm³/mol. The second-order valence-corrected chi connectivity index (χ2v) is 8.45. The van der Waals surface area contributed by atoms with Crippen LogP contribution in [0, 0.1) is 11.3 Å². The van der Waals surface area contributed by atoms with Gasteiger partial charge in [0, 0.05) is 24.9 Å². The highest BCUT2D eigenvalue weighted by atomic mass is 16.4. The average molecular weight is 397 g/mol. The number of amides is 4. The molecule has 0 radical (unpaired) electrons. The number of hydrogen-bond acceptors (Lipinski definition) is 6. The summed E-state index contributed by atoms with van der Waals surface area (Å²) < 4.78 is 0. The van der Waals surface area contributed by atoms with Gasteiger partial charge in [-0.05, 0) is 31.4 Å². The van der Waals surface area contributed by atoms with Crippen LogP contribution in [-0.4, -0.2) is 58.7 Å². The average Bonchev–Trinajstić information content (AvgIpc) is 2.84. The van der Waals surface area contributed by atoms with Gasteiger partial charge >= 0.3 is 5.97 Å². The molecule has 29 heavy (non-hydrogen) atoms. The van der Waals surface area contributed by atoms with Crippen molar-refractivity contribution in [1.29, 1.82) is 0 Å². The molecule has 1 spiro atoms. The first kappa shape index (κ1) is 17.8. The Morgan fingerprint density at radius 2 is 1.83 bits per heavy atom. The highest BCUT2D eigenvalue weighted by Gasteiger charge is 2.56. The third kappa shape index (κ3) is 2.49. The van der Waals surface area contributed by atoms with Crippen LogP contribution in [0.3, 0.4) is 0 Å². The van der Waals surface area contributed by atoms with E-state index in [2.05, 4.69) is 5.32 Å². The summed E-state index contributed by atoms with van der Waals surface area (Å²) in [6, 6.07) is 4.07. The smallest absolute Gasteiger partial charge is 0.306 e. The van der Waals surface area contributed by atoms with Crippen molar-refractivity contribution < 1.29 is 29.1 Å². The molecule has 0 bridgehead atoms. The lowest BCUT2D eigenvalue weighted by atomic mass is 9.57. The van der Waals surface area contributed by atoms with Crippen LogP contribution in [0.4, 0.5) is 5.69 Å². The van der Waals surface area contributed by atoms with Crippen molar-refractivity contribution in [2.75, 3.05) is 18.0 Å². The molecular weight excluding hydrogens is 378 g/mol. The van der Waals surface area contributed by atoms with Crippen LogP contribution in [0.2, 0.25) is 0 Å². The van der Waals surface area contributed by atoms with Crippen LogP contribution in [0.1, 0.15) is 46.4 Å². The van der Waals surface area contributed by atoms with E-state index in [-0.39, 0.29) is 35.3 Å². The second-order valence-electron chi connectivity index (χ2n) is 8.45. The quantitative estimate of drug-likeness (QED) is 0.707. The zero-order valence-electron chi connectivity index (χ0n) is 15.5. The van der Waals surface area contributed by atoms with Gasteiger partial charge in [-0.15, -0.1) is 0 Å². The Morgan fingerprint density at radius 1 is 1.10 bits per heavy atom. The minimum atomic E-state index is -0.987. The first-order chi connectivity index (χ1) is 13.8. The van der Waals surface area contributed by atoms with E-state index in [1.54, 1.807) is 18.2 Å². The van der Waals surface area contributed by atoms with Gasteiger partial charge in [-0.1, -0.05) is 6.07 Å². The topological polar surface area (TPSA) is 124 Å². The number of piperidine rings is 1. The molecule has 1 aliphatic carbocycles. The van der Waals surface area contributed by atoms with Gasteiger partial charge in [-0.2, -0.15) is 0 Å². The molecule has 3 fully saturated rings. The lowest BCUT2D eigenvalue weighted by Crippen LogP contribution is -2.63. The number of nitrogens with one attached hydrogen (secondary N) is 1. The summed E-state index contributed by atoms with van der Waals surface area (Å²) in [6.07, 6.45) is 1.46. The largest absolute Gasteiger partial charge is 0.481 e. The number of carbonyl (C=O) groups excluding carboxylic acids is 4. The number of aliphatic carboxylic acids is 1. The van der Waals surface area contributed by atoms with E-state index in [9.17, 15) is 24.0 Å². The van der Waals surface area contributed by atoms with Gasteiger partial charge in [0.05, 0.1) is 22.7 Å². The summed E-state index contributed by atoms with van der Waals surface area (Å²) in [6.45, 7) is 1.29. The highest BCUT2D eigenvalue weighted by Crippen LogP contribution is 2.53. The van der Waals surface area contributed by atoms with Gasteiger partial charge in [-0.3, -0.25) is 34.2 Å². The molecule has 2 N–H and O–H groups in total. The van der Waals surface area contributed by atoms with Crippen LogP contribution < -0.4 is 10.2 Å². The first-order valence-corrected chi connectivity index (χ1v) is 9.62. The van der Waals surface area contributed by atoms with Crippen LogP contribution in [-0.2, 0) is 14.4 Å². The van der Waals surface area contributed by atoms with Gasteiger partial charge in [-0.25, -0.2) is 0 Å². The molecule has 9 heteroatoms. The van der Waals surface area contributed by atoms with Gasteiger partial charge in [0.2, 0.25) is 11.8 Å². The third-order valence-electron chi connectivity index (χ3n) is 6.55. The van der Waals surface area contributed by atoms with Crippen molar-refractivity contribution in [2.24, 2.45) is 11.3 Å². The maximum Gasteiger partial charge on any atom is 0.306 e. The molecule has 0 aromatic heterocycles. The standard InChI is InChI=1S/C20H19N3O6/c24-14-5-4-13(16(25)21-14)23-17(26)11-2-1-3-12(15(11)18(23)27)22-8-20(9-22)6-10(7-20)19(28)29/h1-3,10,13H,4-9H2,(H,28,29)(H,21,24,25). The minimum Gasteiger partial charge on any atom is -0.481 e. The fourth-order valence-electron chi connectivity index (χ4n) is 5.11. The van der Waals surface area contributed by atoms with E-state index in [1.807, 2.05) is 4.90 Å². The zero-order chi connectivity index (χ0) is 20.5. The van der Waals surface area contributed by atoms with E-state index < -0.39 is 35.6 Å². The Balaban J connectivity index is 1.39. The Morgan fingerprint density at radius 3 is 2.48 bits per heavy atom. The van der Waals surface area contributed by atoms with Crippen molar-refractivity contribution in [3.63, 3.8) is 0 Å². The van der Waals surface area contributed by atoms with Gasteiger partial charge < -0.3 is 10.0 Å². The Hall–Kier alpha value is -3.23. The summed E-state index contributed by atoms with van der Waals surface area (Å²) in [4.78, 5) is 63.6. The highest BCUT2D eigenvalue weighted by molar-refractivity contribution is 6.25. The van der Waals surface area contributed by atoms with Crippen molar-refractivity contribution in [3.05, 3.63) is 29.3 Å². The summed E-state index contributed by atoms with van der Waals surface area (Å²) in [5.41, 5.74) is 1.15. The maximum absolute atomic E-state index is 13.1. The van der Waals surface area contributed by atoms with E-state index >= 15 is 0 Å². The number of carboxylic acid groups (broad SMARTS) is 1. The number of benzene rings is 1. The summed E-state index contributed by atoms with van der Waals surface area (Å²) >= 11 is 0. The molecule has 4 amide bonds. The monoisotopic (exact) mass is 397 g/mol. The number of rotatable bonds is 3. The van der Waals surface area contributed by atoms with E-state index in [1.165, 1.54) is 0 Å². The molecule has 150 valence electrons. The van der Waals surface area contributed by atoms with Crippen LogP contribution >= 0.6 is 0 Å². The number of anilines is 1. The molecule has 1 aromatic rings. The maximum atomic E-state index is 13.1. The molecule has 2 saturated heterocycles. The zero-order valence-corrected chi connectivity index (χ0v) is 15.5. The van der Waals surface area contributed by atoms with Crippen molar-refractivity contribution in [3.8, 4) is 0 Å². The van der Waals surface area contributed by atoms with E-state index in [0.29, 0.717) is 31.6 Å². The van der Waals surface area contributed by atoms with Crippen molar-refractivity contribution >= 4 is 35.3 Å². The lowest BCUT2D eigenvalue weighted by molar-refractivity contribution is -0.151. The number of nitrogens with zero attached hydrogens (tertiary/aromatic N) is 2. The molecule has 1 atom stereocenters. The molecule has 1 aromatic carbocycles. The number of fused-ring (bicyclic) bond motifs is 1. The van der Waals surface area contributed by atoms with Gasteiger partial charge in [0.15, 0.2) is 0 Å². The molecule has 1 unspecified atom stereocenters. The fraction of sp³-hybridized carbons (Fsp3) is 0.450.